The average Bonchev–Trinajstić information content (AvgIpc) is 2.61. The molecule has 4 nitrogen and oxygen atoms in total. The van der Waals surface area contributed by atoms with Gasteiger partial charge in [0.1, 0.15) is 6.04 Å². The van der Waals surface area contributed by atoms with Crippen LogP contribution in [0.25, 0.3) is 0 Å². The maximum absolute atomic E-state index is 12.9. The van der Waals surface area contributed by atoms with E-state index in [2.05, 4.69) is 5.32 Å². The summed E-state index contributed by atoms with van der Waals surface area (Å²) < 4.78 is 0. The maximum Gasteiger partial charge on any atom is 0.242 e. The van der Waals surface area contributed by atoms with Crippen molar-refractivity contribution < 1.29 is 9.59 Å². The number of halogens is 1. The van der Waals surface area contributed by atoms with Gasteiger partial charge in [-0.1, -0.05) is 23.7 Å². The van der Waals surface area contributed by atoms with Gasteiger partial charge in [-0.2, -0.15) is 0 Å². The summed E-state index contributed by atoms with van der Waals surface area (Å²) in [5, 5.41) is 3.47. The van der Waals surface area contributed by atoms with E-state index in [9.17, 15) is 9.59 Å². The Morgan fingerprint density at radius 3 is 2.57 bits per heavy atom. The third-order valence-corrected chi connectivity index (χ3v) is 4.34. The molecule has 1 aliphatic rings. The van der Waals surface area contributed by atoms with Gasteiger partial charge in [-0.3, -0.25) is 9.59 Å². The van der Waals surface area contributed by atoms with Crippen LogP contribution in [-0.2, 0) is 15.0 Å². The molecule has 1 saturated heterocycles. The van der Waals surface area contributed by atoms with Gasteiger partial charge >= 0.3 is 0 Å². The Labute approximate surface area is 130 Å². The summed E-state index contributed by atoms with van der Waals surface area (Å²) in [5.41, 5.74) is 0.206. The van der Waals surface area contributed by atoms with Crippen LogP contribution < -0.4 is 5.32 Å². The molecule has 1 aliphatic heterocycles. The van der Waals surface area contributed by atoms with E-state index in [4.69, 9.17) is 11.6 Å². The lowest BCUT2D eigenvalue weighted by molar-refractivity contribution is -0.142. The van der Waals surface area contributed by atoms with Crippen LogP contribution in [-0.4, -0.2) is 35.8 Å². The normalized spacial score (nSPS) is 19.9. The molecule has 0 unspecified atom stereocenters. The van der Waals surface area contributed by atoms with Crippen molar-refractivity contribution in [2.24, 2.45) is 0 Å². The summed E-state index contributed by atoms with van der Waals surface area (Å²) in [4.78, 5) is 26.5. The Kier molecular flexibility index (Phi) is 4.57. The minimum Gasteiger partial charge on any atom is -0.354 e. The molecule has 0 saturated carbocycles. The third-order valence-electron chi connectivity index (χ3n) is 4.08. The quantitative estimate of drug-likeness (QED) is 0.912. The first-order valence-corrected chi connectivity index (χ1v) is 7.56. The monoisotopic (exact) mass is 308 g/mol. The zero-order chi connectivity index (χ0) is 15.6. The SMILES string of the molecule is C[C@H]1C(=O)NCCCN1C(=O)C(C)(C)c1ccc(Cl)cc1. The zero-order valence-electron chi connectivity index (χ0n) is 12.6. The zero-order valence-corrected chi connectivity index (χ0v) is 13.4. The molecule has 114 valence electrons. The first-order chi connectivity index (χ1) is 9.84. The van der Waals surface area contributed by atoms with E-state index in [1.165, 1.54) is 0 Å². The minimum absolute atomic E-state index is 0.0330. The number of carbonyl (C=O) groups is 2. The van der Waals surface area contributed by atoms with Gasteiger partial charge in [0.25, 0.3) is 0 Å². The van der Waals surface area contributed by atoms with Crippen LogP contribution in [0, 0.1) is 0 Å². The fourth-order valence-electron chi connectivity index (χ4n) is 2.57. The van der Waals surface area contributed by atoms with Gasteiger partial charge in [-0.25, -0.2) is 0 Å². The van der Waals surface area contributed by atoms with Crippen LogP contribution in [0.5, 0.6) is 0 Å². The molecule has 2 amide bonds. The highest BCUT2D eigenvalue weighted by Crippen LogP contribution is 2.28. The number of carbonyl (C=O) groups excluding carboxylic acids is 2. The molecule has 1 atom stereocenters. The predicted molar refractivity (Wildman–Crippen MR) is 83.3 cm³/mol. The fourth-order valence-corrected chi connectivity index (χ4v) is 2.70. The van der Waals surface area contributed by atoms with Crippen LogP contribution in [0.15, 0.2) is 24.3 Å². The second-order valence-corrected chi connectivity index (χ2v) is 6.39. The van der Waals surface area contributed by atoms with E-state index in [1.54, 1.807) is 24.0 Å². The Bertz CT molecular complexity index is 540. The van der Waals surface area contributed by atoms with Crippen LogP contribution in [0.3, 0.4) is 0 Å². The number of nitrogens with zero attached hydrogens (tertiary/aromatic N) is 1. The molecular formula is C16H21ClN2O2. The number of hydrogen-bond donors (Lipinski definition) is 1. The topological polar surface area (TPSA) is 49.4 Å². The number of nitrogens with one attached hydrogen (secondary N) is 1. The molecule has 2 rings (SSSR count). The van der Waals surface area contributed by atoms with Crippen molar-refractivity contribution >= 4 is 23.4 Å². The minimum atomic E-state index is -0.691. The lowest BCUT2D eigenvalue weighted by Gasteiger charge is -2.34. The molecule has 5 heteroatoms. The van der Waals surface area contributed by atoms with Gasteiger partial charge in [0, 0.05) is 18.1 Å². The van der Waals surface area contributed by atoms with Crippen molar-refractivity contribution in [2.45, 2.75) is 38.6 Å². The van der Waals surface area contributed by atoms with Crippen LogP contribution in [0.4, 0.5) is 0 Å². The van der Waals surface area contributed by atoms with E-state index < -0.39 is 11.5 Å². The molecule has 0 aromatic heterocycles. The fraction of sp³-hybridized carbons (Fsp3) is 0.500. The number of amides is 2. The number of hydrogen-bond acceptors (Lipinski definition) is 2. The molecule has 0 bridgehead atoms. The van der Waals surface area contributed by atoms with Crippen molar-refractivity contribution in [3.8, 4) is 0 Å². The molecule has 1 fully saturated rings. The Balaban J connectivity index is 2.28. The van der Waals surface area contributed by atoms with Crippen LogP contribution >= 0.6 is 11.6 Å². The summed E-state index contributed by atoms with van der Waals surface area (Å²) in [6.45, 7) is 6.75. The van der Waals surface area contributed by atoms with Gasteiger partial charge in [0.2, 0.25) is 11.8 Å². The molecule has 1 N–H and O–H groups in total. The van der Waals surface area contributed by atoms with E-state index in [0.717, 1.165) is 12.0 Å². The molecule has 21 heavy (non-hydrogen) atoms. The molecule has 1 aromatic rings. The standard InChI is InChI=1S/C16H21ClN2O2/c1-11-14(20)18-9-4-10-19(11)15(21)16(2,3)12-5-7-13(17)8-6-12/h5-8,11H,4,9-10H2,1-3H3,(H,18,20)/t11-/m0/s1. The van der Waals surface area contributed by atoms with Crippen LogP contribution in [0.1, 0.15) is 32.8 Å². The highest BCUT2D eigenvalue weighted by Gasteiger charge is 2.38. The van der Waals surface area contributed by atoms with Gasteiger partial charge in [-0.15, -0.1) is 0 Å². The van der Waals surface area contributed by atoms with Gasteiger partial charge in [0.15, 0.2) is 0 Å². The average molecular weight is 309 g/mol. The summed E-state index contributed by atoms with van der Waals surface area (Å²) in [6.07, 6.45) is 0.776. The predicted octanol–water partition coefficient (Wildman–Crippen LogP) is 2.35. The van der Waals surface area contributed by atoms with Crippen molar-refractivity contribution in [3.63, 3.8) is 0 Å². The summed E-state index contributed by atoms with van der Waals surface area (Å²) in [5.74, 6) is -0.123. The number of rotatable bonds is 2. The molecular weight excluding hydrogens is 288 g/mol. The van der Waals surface area contributed by atoms with Gasteiger partial charge in [0.05, 0.1) is 5.41 Å². The summed E-state index contributed by atoms with van der Waals surface area (Å²) in [6, 6.07) is 6.85. The van der Waals surface area contributed by atoms with E-state index in [1.807, 2.05) is 26.0 Å². The largest absolute Gasteiger partial charge is 0.354 e. The lowest BCUT2D eigenvalue weighted by Crippen LogP contribution is -2.51. The van der Waals surface area contributed by atoms with E-state index in [-0.39, 0.29) is 11.8 Å². The lowest BCUT2D eigenvalue weighted by atomic mass is 9.83. The smallest absolute Gasteiger partial charge is 0.242 e. The Morgan fingerprint density at radius 2 is 1.95 bits per heavy atom. The highest BCUT2D eigenvalue weighted by atomic mass is 35.5. The first kappa shape index (κ1) is 15.8. The second kappa shape index (κ2) is 6.06. The second-order valence-electron chi connectivity index (χ2n) is 5.95. The van der Waals surface area contributed by atoms with Crippen molar-refractivity contribution in [3.05, 3.63) is 34.9 Å². The van der Waals surface area contributed by atoms with Gasteiger partial charge in [-0.05, 0) is 44.9 Å². The van der Waals surface area contributed by atoms with Gasteiger partial charge < -0.3 is 10.2 Å². The third kappa shape index (κ3) is 3.21. The van der Waals surface area contributed by atoms with E-state index in [0.29, 0.717) is 18.1 Å². The Morgan fingerprint density at radius 1 is 1.33 bits per heavy atom. The van der Waals surface area contributed by atoms with E-state index >= 15 is 0 Å². The van der Waals surface area contributed by atoms with Crippen molar-refractivity contribution in [1.29, 1.82) is 0 Å². The highest BCUT2D eigenvalue weighted by molar-refractivity contribution is 6.30. The maximum atomic E-state index is 12.9. The molecule has 0 aliphatic carbocycles. The molecule has 1 aromatic carbocycles. The Hall–Kier alpha value is -1.55. The first-order valence-electron chi connectivity index (χ1n) is 7.19. The molecule has 0 spiro atoms. The van der Waals surface area contributed by atoms with Crippen LogP contribution in [0.2, 0.25) is 5.02 Å². The molecule has 0 radical (unpaired) electrons. The summed E-state index contributed by atoms with van der Waals surface area (Å²) in [7, 11) is 0. The van der Waals surface area contributed by atoms with Crippen molar-refractivity contribution in [1.82, 2.24) is 10.2 Å². The summed E-state index contributed by atoms with van der Waals surface area (Å²) >= 11 is 5.91. The van der Waals surface area contributed by atoms with Crippen molar-refractivity contribution in [2.75, 3.05) is 13.1 Å². The molecule has 1 heterocycles. The number of benzene rings is 1.